The van der Waals surface area contributed by atoms with Gasteiger partial charge in [-0.05, 0) is 35.4 Å². The summed E-state index contributed by atoms with van der Waals surface area (Å²) in [5.74, 6) is 0.250. The van der Waals surface area contributed by atoms with Gasteiger partial charge in [-0.25, -0.2) is 5.01 Å². The summed E-state index contributed by atoms with van der Waals surface area (Å²) in [7, 11) is 0. The van der Waals surface area contributed by atoms with E-state index in [2.05, 4.69) is 15.1 Å². The molecule has 1 amide bonds. The third-order valence-corrected chi connectivity index (χ3v) is 3.74. The van der Waals surface area contributed by atoms with Crippen molar-refractivity contribution in [2.45, 2.75) is 12.5 Å². The van der Waals surface area contributed by atoms with E-state index in [1.807, 2.05) is 12.1 Å². The zero-order valence-electron chi connectivity index (χ0n) is 12.0. The molecule has 2 heterocycles. The molecule has 1 unspecified atom stereocenters. The van der Waals surface area contributed by atoms with Crippen LogP contribution in [0.1, 0.15) is 23.8 Å². The summed E-state index contributed by atoms with van der Waals surface area (Å²) in [6, 6.07) is 10.4. The van der Waals surface area contributed by atoms with Crippen LogP contribution < -0.4 is 0 Å². The lowest BCUT2D eigenvalue weighted by molar-refractivity contribution is -0.131. The monoisotopic (exact) mass is 329 g/mol. The first-order chi connectivity index (χ1) is 11.2. The minimum Gasteiger partial charge on any atom is -0.467 e. The van der Waals surface area contributed by atoms with Crippen molar-refractivity contribution in [2.24, 2.45) is 10.2 Å². The largest absolute Gasteiger partial charge is 0.467 e. The van der Waals surface area contributed by atoms with E-state index in [1.165, 1.54) is 5.01 Å². The Morgan fingerprint density at radius 3 is 2.87 bits per heavy atom. The van der Waals surface area contributed by atoms with Gasteiger partial charge in [-0.1, -0.05) is 28.8 Å². The van der Waals surface area contributed by atoms with Crippen LogP contribution in [0.4, 0.5) is 0 Å². The fourth-order valence-electron chi connectivity index (χ4n) is 2.42. The van der Waals surface area contributed by atoms with Crippen LogP contribution in [0.15, 0.2) is 57.3 Å². The molecule has 1 aromatic heterocycles. The number of hydrogen-bond acceptors (Lipinski definition) is 4. The van der Waals surface area contributed by atoms with Gasteiger partial charge in [-0.15, -0.1) is 0 Å². The SMILES string of the molecule is [N-]=[N+]=NCC(=O)N1N=C(c2ccc(Cl)cc2)CC1c1ccco1. The van der Waals surface area contributed by atoms with Crippen LogP contribution in [0.2, 0.25) is 5.02 Å². The fraction of sp³-hybridized carbons (Fsp3) is 0.200. The van der Waals surface area contributed by atoms with Gasteiger partial charge >= 0.3 is 0 Å². The first-order valence-corrected chi connectivity index (χ1v) is 7.26. The van der Waals surface area contributed by atoms with Crippen LogP contribution in [-0.2, 0) is 4.79 Å². The van der Waals surface area contributed by atoms with Crippen molar-refractivity contribution in [3.8, 4) is 0 Å². The molecule has 3 rings (SSSR count). The maximum absolute atomic E-state index is 12.2. The Kier molecular flexibility index (Phi) is 4.32. The number of furan rings is 1. The van der Waals surface area contributed by atoms with E-state index in [0.29, 0.717) is 17.2 Å². The standard InChI is InChI=1S/C15H12ClN5O2/c16-11-5-3-10(4-6-11)12-8-13(14-2-1-7-23-14)21(19-12)15(22)9-18-20-17/h1-7,13H,8-9H2. The molecular formula is C15H12ClN5O2. The van der Waals surface area contributed by atoms with E-state index in [4.69, 9.17) is 21.5 Å². The van der Waals surface area contributed by atoms with E-state index >= 15 is 0 Å². The predicted molar refractivity (Wildman–Crippen MR) is 84.9 cm³/mol. The molecule has 1 aromatic carbocycles. The number of carbonyl (C=O) groups is 1. The van der Waals surface area contributed by atoms with Crippen LogP contribution in [0.25, 0.3) is 10.4 Å². The molecule has 0 N–H and O–H groups in total. The fourth-order valence-corrected chi connectivity index (χ4v) is 2.55. The van der Waals surface area contributed by atoms with Gasteiger partial charge in [0.25, 0.3) is 0 Å². The van der Waals surface area contributed by atoms with Crippen LogP contribution in [0.5, 0.6) is 0 Å². The Hall–Kier alpha value is -2.76. The summed E-state index contributed by atoms with van der Waals surface area (Å²) >= 11 is 5.90. The summed E-state index contributed by atoms with van der Waals surface area (Å²) in [5, 5.41) is 9.65. The molecule has 2 aromatic rings. The number of halogens is 1. The maximum Gasteiger partial charge on any atom is 0.249 e. The Morgan fingerprint density at radius 1 is 1.43 bits per heavy atom. The molecular weight excluding hydrogens is 318 g/mol. The highest BCUT2D eigenvalue weighted by Crippen LogP contribution is 2.33. The molecule has 116 valence electrons. The van der Waals surface area contributed by atoms with Gasteiger partial charge in [-0.2, -0.15) is 5.10 Å². The normalized spacial score (nSPS) is 16.8. The summed E-state index contributed by atoms with van der Waals surface area (Å²) in [6.07, 6.45) is 2.06. The smallest absolute Gasteiger partial charge is 0.249 e. The van der Waals surface area contributed by atoms with Crippen LogP contribution >= 0.6 is 11.6 Å². The summed E-state index contributed by atoms with van der Waals surface area (Å²) in [6.45, 7) is -0.287. The first-order valence-electron chi connectivity index (χ1n) is 6.89. The van der Waals surface area contributed by atoms with Gasteiger partial charge in [0, 0.05) is 16.4 Å². The molecule has 1 aliphatic rings. The lowest BCUT2D eigenvalue weighted by atomic mass is 10.0. The summed E-state index contributed by atoms with van der Waals surface area (Å²) < 4.78 is 5.41. The maximum atomic E-state index is 12.2. The molecule has 1 atom stereocenters. The van der Waals surface area contributed by atoms with Gasteiger partial charge in [0.15, 0.2) is 0 Å². The zero-order chi connectivity index (χ0) is 16.2. The van der Waals surface area contributed by atoms with Gasteiger partial charge < -0.3 is 4.42 Å². The molecule has 0 saturated carbocycles. The number of rotatable bonds is 4. The zero-order valence-corrected chi connectivity index (χ0v) is 12.7. The van der Waals surface area contributed by atoms with Crippen molar-refractivity contribution in [1.29, 1.82) is 0 Å². The van der Waals surface area contributed by atoms with E-state index in [-0.39, 0.29) is 18.5 Å². The molecule has 1 aliphatic heterocycles. The Labute approximate surface area is 136 Å². The number of azide groups is 1. The van der Waals surface area contributed by atoms with Gasteiger partial charge in [0.05, 0.1) is 12.0 Å². The van der Waals surface area contributed by atoms with Crippen molar-refractivity contribution in [3.05, 3.63) is 69.5 Å². The van der Waals surface area contributed by atoms with E-state index < -0.39 is 0 Å². The molecule has 0 fully saturated rings. The first kappa shape index (κ1) is 15.1. The highest BCUT2D eigenvalue weighted by atomic mass is 35.5. The molecule has 0 spiro atoms. The van der Waals surface area contributed by atoms with Crippen molar-refractivity contribution in [1.82, 2.24) is 5.01 Å². The molecule has 0 aliphatic carbocycles. The second-order valence-corrected chi connectivity index (χ2v) is 5.35. The molecule has 23 heavy (non-hydrogen) atoms. The lowest BCUT2D eigenvalue weighted by Crippen LogP contribution is -2.28. The van der Waals surface area contributed by atoms with Gasteiger partial charge in [0.2, 0.25) is 5.91 Å². The predicted octanol–water partition coefficient (Wildman–Crippen LogP) is 3.92. The van der Waals surface area contributed by atoms with Crippen molar-refractivity contribution in [2.75, 3.05) is 6.54 Å². The minimum absolute atomic E-state index is 0.287. The van der Waals surface area contributed by atoms with Gasteiger partial charge in [-0.3, -0.25) is 4.79 Å². The Bertz CT molecular complexity index is 779. The summed E-state index contributed by atoms with van der Waals surface area (Å²) in [4.78, 5) is 14.8. The highest BCUT2D eigenvalue weighted by Gasteiger charge is 2.34. The van der Waals surface area contributed by atoms with Gasteiger partial charge in [0.1, 0.15) is 18.3 Å². The van der Waals surface area contributed by atoms with Crippen LogP contribution in [0.3, 0.4) is 0 Å². The third-order valence-electron chi connectivity index (χ3n) is 3.48. The van der Waals surface area contributed by atoms with Crippen LogP contribution in [-0.4, -0.2) is 23.2 Å². The Balaban J connectivity index is 1.91. The number of hydrazone groups is 1. The topological polar surface area (TPSA) is 94.6 Å². The molecule has 0 saturated heterocycles. The second kappa shape index (κ2) is 6.56. The average Bonchev–Trinajstić information content (AvgIpc) is 3.22. The van der Waals surface area contributed by atoms with E-state index in [1.54, 1.807) is 30.5 Å². The van der Waals surface area contributed by atoms with Crippen molar-refractivity contribution in [3.63, 3.8) is 0 Å². The van der Waals surface area contributed by atoms with Crippen molar-refractivity contribution >= 4 is 23.2 Å². The van der Waals surface area contributed by atoms with Crippen molar-refractivity contribution < 1.29 is 9.21 Å². The number of nitrogens with zero attached hydrogens (tertiary/aromatic N) is 5. The van der Waals surface area contributed by atoms with Crippen LogP contribution in [0, 0.1) is 0 Å². The van der Waals surface area contributed by atoms with E-state index in [9.17, 15) is 4.79 Å². The summed E-state index contributed by atoms with van der Waals surface area (Å²) in [5.41, 5.74) is 10.0. The highest BCUT2D eigenvalue weighted by molar-refractivity contribution is 6.30. The van der Waals surface area contributed by atoms with E-state index in [0.717, 1.165) is 11.3 Å². The molecule has 0 radical (unpaired) electrons. The number of hydrogen-bond donors (Lipinski definition) is 0. The quantitative estimate of drug-likeness (QED) is 0.483. The second-order valence-electron chi connectivity index (χ2n) is 4.92. The molecule has 8 heteroatoms. The minimum atomic E-state index is -0.381. The number of carbonyl (C=O) groups excluding carboxylic acids is 1. The Morgan fingerprint density at radius 2 is 2.22 bits per heavy atom. The molecule has 7 nitrogen and oxygen atoms in total. The lowest BCUT2D eigenvalue weighted by Gasteiger charge is -2.18. The average molecular weight is 330 g/mol. The number of benzene rings is 1. The third kappa shape index (κ3) is 3.21. The number of amides is 1. The molecule has 0 bridgehead atoms.